The Morgan fingerprint density at radius 2 is 1.75 bits per heavy atom. The quantitative estimate of drug-likeness (QED) is 0.448. The third kappa shape index (κ3) is 3.81. The van der Waals surface area contributed by atoms with Crippen molar-refractivity contribution in [2.45, 2.75) is 6.92 Å². The molecule has 24 heavy (non-hydrogen) atoms. The number of carbonyl (C=O) groups is 2. The van der Waals surface area contributed by atoms with Crippen LogP contribution in [0.5, 0.6) is 5.75 Å². The molecule has 0 spiro atoms. The van der Waals surface area contributed by atoms with E-state index in [2.05, 4.69) is 15.9 Å². The van der Waals surface area contributed by atoms with E-state index in [1.165, 1.54) is 6.92 Å². The molecule has 0 unspecified atom stereocenters. The zero-order valence-electron chi connectivity index (χ0n) is 12.8. The Hall–Kier alpha value is -2.66. The minimum Gasteiger partial charge on any atom is -0.427 e. The topological polar surface area (TPSA) is 52.6 Å². The summed E-state index contributed by atoms with van der Waals surface area (Å²) in [4.78, 5) is 22.9. The molecule has 1 aliphatic rings. The first-order valence-corrected chi connectivity index (χ1v) is 8.00. The molecule has 0 aromatic heterocycles. The standard InChI is InChI=1S/C19H13BrO4/c1-12(21)23-17-8-2-13(3-9-17)10-15-11-18(24-19(15)22)14-4-6-16(20)7-5-14/h2-11H,1H3/b15-10+. The van der Waals surface area contributed by atoms with E-state index >= 15 is 0 Å². The van der Waals surface area contributed by atoms with Crippen LogP contribution in [-0.2, 0) is 14.3 Å². The average molecular weight is 385 g/mol. The zero-order valence-corrected chi connectivity index (χ0v) is 14.4. The van der Waals surface area contributed by atoms with Crippen LogP contribution in [0.4, 0.5) is 0 Å². The van der Waals surface area contributed by atoms with Gasteiger partial charge in [0.2, 0.25) is 0 Å². The molecule has 1 heterocycles. The molecule has 2 aromatic rings. The van der Waals surface area contributed by atoms with Crippen molar-refractivity contribution in [3.63, 3.8) is 0 Å². The van der Waals surface area contributed by atoms with E-state index < -0.39 is 5.97 Å². The summed E-state index contributed by atoms with van der Waals surface area (Å²) in [6.07, 6.45) is 3.44. The Bertz CT molecular complexity index is 846. The molecule has 4 nitrogen and oxygen atoms in total. The Labute approximate surface area is 147 Å². The monoisotopic (exact) mass is 384 g/mol. The zero-order chi connectivity index (χ0) is 17.1. The first-order valence-electron chi connectivity index (χ1n) is 7.21. The van der Waals surface area contributed by atoms with Gasteiger partial charge in [0.1, 0.15) is 11.5 Å². The van der Waals surface area contributed by atoms with Crippen LogP contribution in [0, 0.1) is 0 Å². The SMILES string of the molecule is CC(=O)Oc1ccc(/C=C2\C=C(c3ccc(Br)cc3)OC2=O)cc1. The number of benzene rings is 2. The van der Waals surface area contributed by atoms with Crippen LogP contribution in [-0.4, -0.2) is 11.9 Å². The largest absolute Gasteiger partial charge is 0.427 e. The van der Waals surface area contributed by atoms with E-state index in [-0.39, 0.29) is 5.97 Å². The predicted octanol–water partition coefficient (Wildman–Crippen LogP) is 4.36. The minimum absolute atomic E-state index is 0.373. The predicted molar refractivity (Wildman–Crippen MR) is 93.9 cm³/mol. The van der Waals surface area contributed by atoms with Crippen LogP contribution in [0.15, 0.2) is 64.7 Å². The van der Waals surface area contributed by atoms with Crippen molar-refractivity contribution in [3.05, 3.63) is 75.8 Å². The Morgan fingerprint density at radius 1 is 1.08 bits per heavy atom. The van der Waals surface area contributed by atoms with Gasteiger partial charge in [0.05, 0.1) is 5.57 Å². The summed E-state index contributed by atoms with van der Waals surface area (Å²) in [6.45, 7) is 1.35. The maximum absolute atomic E-state index is 12.0. The molecule has 2 aromatic carbocycles. The van der Waals surface area contributed by atoms with Crippen LogP contribution in [0.2, 0.25) is 0 Å². The fourth-order valence-corrected chi connectivity index (χ4v) is 2.49. The summed E-state index contributed by atoms with van der Waals surface area (Å²) < 4.78 is 11.3. The summed E-state index contributed by atoms with van der Waals surface area (Å²) in [7, 11) is 0. The first-order chi connectivity index (χ1) is 11.5. The van der Waals surface area contributed by atoms with Gasteiger partial charge in [0.15, 0.2) is 0 Å². The van der Waals surface area contributed by atoms with Gasteiger partial charge in [-0.05, 0) is 42.0 Å². The van der Waals surface area contributed by atoms with E-state index in [0.717, 1.165) is 15.6 Å². The van der Waals surface area contributed by atoms with Gasteiger partial charge in [-0.1, -0.05) is 40.2 Å². The maximum Gasteiger partial charge on any atom is 0.343 e. The molecular formula is C19H13BrO4. The summed E-state index contributed by atoms with van der Waals surface area (Å²) in [5, 5.41) is 0. The van der Waals surface area contributed by atoms with E-state index in [4.69, 9.17) is 9.47 Å². The first kappa shape index (κ1) is 16.2. The summed E-state index contributed by atoms with van der Waals surface area (Å²) >= 11 is 3.37. The molecule has 0 radical (unpaired) electrons. The van der Waals surface area contributed by atoms with Crippen molar-refractivity contribution in [1.82, 2.24) is 0 Å². The number of ether oxygens (including phenoxy) is 2. The number of carbonyl (C=O) groups excluding carboxylic acids is 2. The lowest BCUT2D eigenvalue weighted by Gasteiger charge is -2.01. The molecule has 0 atom stereocenters. The Morgan fingerprint density at radius 3 is 2.38 bits per heavy atom. The van der Waals surface area contributed by atoms with Crippen molar-refractivity contribution in [2.75, 3.05) is 0 Å². The van der Waals surface area contributed by atoms with Crippen molar-refractivity contribution in [2.24, 2.45) is 0 Å². The highest BCUT2D eigenvalue weighted by atomic mass is 79.9. The molecule has 1 aliphatic heterocycles. The van der Waals surface area contributed by atoms with E-state index in [1.807, 2.05) is 24.3 Å². The lowest BCUT2D eigenvalue weighted by atomic mass is 10.1. The van der Waals surface area contributed by atoms with Gasteiger partial charge in [0.25, 0.3) is 0 Å². The van der Waals surface area contributed by atoms with Gasteiger partial charge in [-0.15, -0.1) is 0 Å². The van der Waals surface area contributed by atoms with Crippen molar-refractivity contribution >= 4 is 39.7 Å². The lowest BCUT2D eigenvalue weighted by Crippen LogP contribution is -2.01. The van der Waals surface area contributed by atoms with Crippen molar-refractivity contribution in [3.8, 4) is 5.75 Å². The highest BCUT2D eigenvalue weighted by Crippen LogP contribution is 2.28. The second-order valence-corrected chi connectivity index (χ2v) is 6.08. The molecule has 0 saturated carbocycles. The minimum atomic E-state index is -0.392. The fourth-order valence-electron chi connectivity index (χ4n) is 2.22. The van der Waals surface area contributed by atoms with Crippen LogP contribution in [0.25, 0.3) is 11.8 Å². The van der Waals surface area contributed by atoms with E-state index in [0.29, 0.717) is 17.1 Å². The van der Waals surface area contributed by atoms with Crippen molar-refractivity contribution < 1.29 is 19.1 Å². The number of hydrogen-bond acceptors (Lipinski definition) is 4. The molecule has 0 saturated heterocycles. The highest BCUT2D eigenvalue weighted by Gasteiger charge is 2.21. The molecular weight excluding hydrogens is 372 g/mol. The molecule has 0 amide bonds. The third-order valence-corrected chi connectivity index (χ3v) is 3.85. The van der Waals surface area contributed by atoms with Gasteiger partial charge >= 0.3 is 11.9 Å². The molecule has 0 bridgehead atoms. The number of halogens is 1. The average Bonchev–Trinajstić information content (AvgIpc) is 2.90. The number of cyclic esters (lactones) is 1. The molecule has 0 fully saturated rings. The molecule has 0 N–H and O–H groups in total. The van der Waals surface area contributed by atoms with Gasteiger partial charge in [0, 0.05) is 17.0 Å². The van der Waals surface area contributed by atoms with Gasteiger partial charge < -0.3 is 9.47 Å². The van der Waals surface area contributed by atoms with Gasteiger partial charge in [-0.2, -0.15) is 0 Å². The van der Waals surface area contributed by atoms with Crippen LogP contribution >= 0.6 is 15.9 Å². The molecule has 0 aliphatic carbocycles. The second kappa shape index (κ2) is 6.84. The van der Waals surface area contributed by atoms with Crippen LogP contribution in [0.3, 0.4) is 0 Å². The van der Waals surface area contributed by atoms with E-state index in [1.54, 1.807) is 36.4 Å². The fraction of sp³-hybridized carbons (Fsp3) is 0.0526. The number of rotatable bonds is 3. The number of esters is 2. The van der Waals surface area contributed by atoms with Gasteiger partial charge in [-0.3, -0.25) is 4.79 Å². The van der Waals surface area contributed by atoms with Gasteiger partial charge in [-0.25, -0.2) is 4.79 Å². The molecule has 5 heteroatoms. The van der Waals surface area contributed by atoms with Crippen molar-refractivity contribution in [1.29, 1.82) is 0 Å². The smallest absolute Gasteiger partial charge is 0.343 e. The normalized spacial score (nSPS) is 15.2. The number of hydrogen-bond donors (Lipinski definition) is 0. The van der Waals surface area contributed by atoms with Crippen LogP contribution < -0.4 is 4.74 Å². The Balaban J connectivity index is 1.83. The molecule has 3 rings (SSSR count). The summed E-state index contributed by atoms with van der Waals surface area (Å²) in [5.41, 5.74) is 2.11. The Kier molecular flexibility index (Phi) is 4.62. The maximum atomic E-state index is 12.0. The third-order valence-electron chi connectivity index (χ3n) is 3.32. The van der Waals surface area contributed by atoms with E-state index in [9.17, 15) is 9.59 Å². The van der Waals surface area contributed by atoms with Crippen LogP contribution in [0.1, 0.15) is 18.1 Å². The highest BCUT2D eigenvalue weighted by molar-refractivity contribution is 9.10. The second-order valence-electron chi connectivity index (χ2n) is 5.17. The summed E-state index contributed by atoms with van der Waals surface area (Å²) in [6, 6.07) is 14.4. The lowest BCUT2D eigenvalue weighted by molar-refractivity contribution is -0.132. The molecule has 120 valence electrons. The summed E-state index contributed by atoms with van der Waals surface area (Å²) in [5.74, 6) is 0.222.